The molecule has 2 bridgehead atoms. The van der Waals surface area contributed by atoms with E-state index in [-0.39, 0.29) is 6.10 Å². The monoisotopic (exact) mass is 216 g/mol. The van der Waals surface area contributed by atoms with Crippen molar-refractivity contribution in [2.24, 2.45) is 17.8 Å². The highest BCUT2D eigenvalue weighted by Crippen LogP contribution is 2.52. The van der Waals surface area contributed by atoms with Crippen LogP contribution in [0.2, 0.25) is 0 Å². The van der Waals surface area contributed by atoms with Gasteiger partial charge in [-0.25, -0.2) is 0 Å². The third kappa shape index (κ3) is 1.58. The van der Waals surface area contributed by atoms with Gasteiger partial charge in [0.25, 0.3) is 0 Å². The van der Waals surface area contributed by atoms with E-state index >= 15 is 0 Å². The van der Waals surface area contributed by atoms with Crippen molar-refractivity contribution >= 4 is 0 Å². The molecule has 3 rings (SSSR count). The van der Waals surface area contributed by atoms with E-state index in [1.807, 2.05) is 12.1 Å². The van der Waals surface area contributed by atoms with Crippen molar-refractivity contribution in [3.8, 4) is 0 Å². The van der Waals surface area contributed by atoms with Crippen molar-refractivity contribution in [2.45, 2.75) is 38.7 Å². The minimum Gasteiger partial charge on any atom is -0.388 e. The normalized spacial score (nSPS) is 34.2. The molecule has 2 fully saturated rings. The first kappa shape index (κ1) is 10.3. The Morgan fingerprint density at radius 2 is 2.00 bits per heavy atom. The van der Waals surface area contributed by atoms with E-state index in [9.17, 15) is 5.11 Å². The lowest BCUT2D eigenvalue weighted by Gasteiger charge is -2.27. The third-order valence-electron chi connectivity index (χ3n) is 4.71. The molecule has 1 nitrogen and oxygen atoms in total. The SMILES string of the molecule is Cc1ccccc1C(O)C1CC2CCC1C2. The molecule has 0 radical (unpaired) electrons. The molecule has 0 amide bonds. The van der Waals surface area contributed by atoms with E-state index in [1.54, 1.807) is 0 Å². The van der Waals surface area contributed by atoms with Crippen molar-refractivity contribution in [3.63, 3.8) is 0 Å². The summed E-state index contributed by atoms with van der Waals surface area (Å²) in [5, 5.41) is 10.5. The highest BCUT2D eigenvalue weighted by atomic mass is 16.3. The van der Waals surface area contributed by atoms with Crippen molar-refractivity contribution < 1.29 is 5.11 Å². The number of aryl methyl sites for hydroxylation is 1. The quantitative estimate of drug-likeness (QED) is 0.802. The zero-order valence-corrected chi connectivity index (χ0v) is 9.89. The topological polar surface area (TPSA) is 20.2 Å². The zero-order valence-electron chi connectivity index (χ0n) is 9.89. The summed E-state index contributed by atoms with van der Waals surface area (Å²) in [7, 11) is 0. The molecule has 2 aliphatic carbocycles. The van der Waals surface area contributed by atoms with Gasteiger partial charge < -0.3 is 5.11 Å². The van der Waals surface area contributed by atoms with Crippen molar-refractivity contribution in [1.29, 1.82) is 0 Å². The van der Waals surface area contributed by atoms with Crippen LogP contribution in [0.25, 0.3) is 0 Å². The lowest BCUT2D eigenvalue weighted by Crippen LogP contribution is -2.19. The Morgan fingerprint density at radius 3 is 2.62 bits per heavy atom. The second-order valence-electron chi connectivity index (χ2n) is 5.64. The molecule has 1 N–H and O–H groups in total. The van der Waals surface area contributed by atoms with Gasteiger partial charge in [-0.1, -0.05) is 30.7 Å². The van der Waals surface area contributed by atoms with Crippen molar-refractivity contribution in [2.75, 3.05) is 0 Å². The second-order valence-corrected chi connectivity index (χ2v) is 5.64. The van der Waals surface area contributed by atoms with Crippen LogP contribution in [0, 0.1) is 24.7 Å². The molecule has 0 spiro atoms. The zero-order chi connectivity index (χ0) is 11.1. The molecule has 1 aromatic rings. The molecule has 4 atom stereocenters. The summed E-state index contributed by atoms with van der Waals surface area (Å²) in [6, 6.07) is 8.28. The molecular formula is C15H20O. The molecule has 86 valence electrons. The van der Waals surface area contributed by atoms with Gasteiger partial charge in [-0.05, 0) is 55.1 Å². The maximum Gasteiger partial charge on any atom is 0.0823 e. The number of fused-ring (bicyclic) bond motifs is 2. The molecule has 0 aromatic heterocycles. The van der Waals surface area contributed by atoms with Gasteiger partial charge in [0.1, 0.15) is 0 Å². The van der Waals surface area contributed by atoms with Gasteiger partial charge in [-0.15, -0.1) is 0 Å². The van der Waals surface area contributed by atoms with Gasteiger partial charge in [-0.2, -0.15) is 0 Å². The molecule has 0 aliphatic heterocycles. The largest absolute Gasteiger partial charge is 0.388 e. The smallest absolute Gasteiger partial charge is 0.0823 e. The summed E-state index contributed by atoms with van der Waals surface area (Å²) in [4.78, 5) is 0. The molecule has 1 heteroatoms. The predicted molar refractivity (Wildman–Crippen MR) is 65.1 cm³/mol. The van der Waals surface area contributed by atoms with Crippen LogP contribution in [0.3, 0.4) is 0 Å². The molecule has 4 unspecified atom stereocenters. The first-order chi connectivity index (χ1) is 7.75. The highest BCUT2D eigenvalue weighted by Gasteiger charge is 2.43. The Morgan fingerprint density at radius 1 is 1.19 bits per heavy atom. The molecule has 2 saturated carbocycles. The molecule has 1 aromatic carbocycles. The lowest BCUT2D eigenvalue weighted by atomic mass is 9.81. The summed E-state index contributed by atoms with van der Waals surface area (Å²) in [5.74, 6) is 2.23. The van der Waals surface area contributed by atoms with E-state index in [1.165, 1.54) is 31.2 Å². The van der Waals surface area contributed by atoms with Crippen LogP contribution in [-0.2, 0) is 0 Å². The van der Waals surface area contributed by atoms with Gasteiger partial charge in [0.05, 0.1) is 6.10 Å². The molecule has 2 aliphatic rings. The fourth-order valence-electron chi connectivity index (χ4n) is 3.83. The fourth-order valence-corrected chi connectivity index (χ4v) is 3.83. The second kappa shape index (κ2) is 3.89. The fraction of sp³-hybridized carbons (Fsp3) is 0.600. The molecular weight excluding hydrogens is 196 g/mol. The Balaban J connectivity index is 1.83. The summed E-state index contributed by atoms with van der Waals surface area (Å²) in [6.07, 6.45) is 5.14. The van der Waals surface area contributed by atoms with E-state index in [4.69, 9.17) is 0 Å². The molecule has 0 saturated heterocycles. The average molecular weight is 216 g/mol. The standard InChI is InChI=1S/C15H20O/c1-10-4-2-3-5-13(10)15(16)14-9-11-6-7-12(14)8-11/h2-5,11-12,14-16H,6-9H2,1H3. The van der Waals surface area contributed by atoms with Gasteiger partial charge in [-0.3, -0.25) is 0 Å². The number of hydrogen-bond donors (Lipinski definition) is 1. The van der Waals surface area contributed by atoms with Crippen LogP contribution in [0.4, 0.5) is 0 Å². The minimum atomic E-state index is -0.225. The van der Waals surface area contributed by atoms with Crippen LogP contribution < -0.4 is 0 Å². The van der Waals surface area contributed by atoms with Gasteiger partial charge in [0, 0.05) is 0 Å². The minimum absolute atomic E-state index is 0.225. The number of aliphatic hydroxyl groups excluding tert-OH is 1. The lowest BCUT2D eigenvalue weighted by molar-refractivity contribution is 0.0740. The maximum absolute atomic E-state index is 10.5. The van der Waals surface area contributed by atoms with Gasteiger partial charge in [0.15, 0.2) is 0 Å². The molecule has 0 heterocycles. The van der Waals surface area contributed by atoms with Crippen LogP contribution in [0.1, 0.15) is 42.9 Å². The Bertz CT molecular complexity index is 385. The summed E-state index contributed by atoms with van der Waals surface area (Å²) in [6.45, 7) is 2.10. The predicted octanol–water partition coefficient (Wildman–Crippen LogP) is 3.46. The van der Waals surface area contributed by atoms with Gasteiger partial charge >= 0.3 is 0 Å². The number of aliphatic hydroxyl groups is 1. The highest BCUT2D eigenvalue weighted by molar-refractivity contribution is 5.28. The van der Waals surface area contributed by atoms with Crippen molar-refractivity contribution in [1.82, 2.24) is 0 Å². The first-order valence-electron chi connectivity index (χ1n) is 6.49. The number of benzene rings is 1. The van der Waals surface area contributed by atoms with Crippen LogP contribution >= 0.6 is 0 Å². The van der Waals surface area contributed by atoms with E-state index < -0.39 is 0 Å². The van der Waals surface area contributed by atoms with Crippen LogP contribution in [0.15, 0.2) is 24.3 Å². The van der Waals surface area contributed by atoms with Crippen LogP contribution in [0.5, 0.6) is 0 Å². The van der Waals surface area contributed by atoms with E-state index in [0.717, 1.165) is 17.4 Å². The molecule has 16 heavy (non-hydrogen) atoms. The van der Waals surface area contributed by atoms with E-state index in [0.29, 0.717) is 5.92 Å². The Kier molecular flexibility index (Phi) is 2.51. The summed E-state index contributed by atoms with van der Waals surface area (Å²) in [5.41, 5.74) is 2.39. The Hall–Kier alpha value is -0.820. The summed E-state index contributed by atoms with van der Waals surface area (Å²) < 4.78 is 0. The van der Waals surface area contributed by atoms with Crippen LogP contribution in [-0.4, -0.2) is 5.11 Å². The number of rotatable bonds is 2. The van der Waals surface area contributed by atoms with Crippen molar-refractivity contribution in [3.05, 3.63) is 35.4 Å². The third-order valence-corrected chi connectivity index (χ3v) is 4.71. The Labute approximate surface area is 97.5 Å². The first-order valence-corrected chi connectivity index (χ1v) is 6.49. The maximum atomic E-state index is 10.5. The summed E-state index contributed by atoms with van der Waals surface area (Å²) >= 11 is 0. The average Bonchev–Trinajstić information content (AvgIpc) is 2.90. The van der Waals surface area contributed by atoms with E-state index in [2.05, 4.69) is 19.1 Å². The number of hydrogen-bond acceptors (Lipinski definition) is 1. The van der Waals surface area contributed by atoms with Gasteiger partial charge in [0.2, 0.25) is 0 Å².